The largest absolute Gasteiger partial charge is 0.370 e. The van der Waals surface area contributed by atoms with Crippen molar-refractivity contribution in [1.82, 2.24) is 0 Å². The summed E-state index contributed by atoms with van der Waals surface area (Å²) in [6.07, 6.45) is 2.62. The van der Waals surface area contributed by atoms with E-state index in [-0.39, 0.29) is 11.9 Å². The lowest BCUT2D eigenvalue weighted by molar-refractivity contribution is 0.391. The Balaban J connectivity index is 2.74. The zero-order valence-corrected chi connectivity index (χ0v) is 12.0. The minimum Gasteiger partial charge on any atom is -0.370 e. The normalized spacial score (nSPS) is 16.1. The van der Waals surface area contributed by atoms with E-state index in [1.54, 1.807) is 0 Å². The Morgan fingerprint density at radius 3 is 2.20 bits per heavy atom. The smallest absolute Gasteiger partial charge is 0.188 e. The minimum atomic E-state index is -0.887. The lowest BCUT2D eigenvalue weighted by Gasteiger charge is -2.34. The number of nitrogens with zero attached hydrogens (tertiary/aromatic N) is 2. The van der Waals surface area contributed by atoms with E-state index in [0.717, 1.165) is 24.0 Å². The molecule has 0 saturated heterocycles. The van der Waals surface area contributed by atoms with Crippen molar-refractivity contribution in [3.63, 3.8) is 0 Å². The van der Waals surface area contributed by atoms with Gasteiger partial charge in [0.05, 0.1) is 0 Å². The van der Waals surface area contributed by atoms with Gasteiger partial charge < -0.3 is 22.9 Å². The van der Waals surface area contributed by atoms with Crippen molar-refractivity contribution in [3.05, 3.63) is 34.4 Å². The summed E-state index contributed by atoms with van der Waals surface area (Å²) in [6.45, 7) is 4.13. The van der Waals surface area contributed by atoms with Gasteiger partial charge in [-0.1, -0.05) is 17.7 Å². The van der Waals surface area contributed by atoms with Crippen LogP contribution in [0.4, 0.5) is 0 Å². The van der Waals surface area contributed by atoms with Crippen LogP contribution in [-0.4, -0.2) is 11.9 Å². The van der Waals surface area contributed by atoms with Crippen molar-refractivity contribution < 1.29 is 0 Å². The number of rotatable bonds is 2. The van der Waals surface area contributed by atoms with E-state index in [9.17, 15) is 0 Å². The first kappa shape index (κ1) is 14.2. The monoisotopic (exact) mass is 274 g/mol. The number of hydrogen-bond acceptors (Lipinski definition) is 2. The van der Waals surface area contributed by atoms with Gasteiger partial charge in [-0.3, -0.25) is 0 Å². The number of nitrogens with two attached hydrogens (primary N) is 4. The van der Waals surface area contributed by atoms with Gasteiger partial charge in [0.2, 0.25) is 0 Å². The quantitative estimate of drug-likeness (QED) is 0.457. The average Bonchev–Trinajstić information content (AvgIpc) is 2.28. The molecular weight excluding hydrogens is 252 g/mol. The van der Waals surface area contributed by atoms with Gasteiger partial charge >= 0.3 is 0 Å². The standard InChI is InChI=1S/C14H22N6/c1-8-6-9(2)10-4-3-5-14(11(10)7-8,19-12(15)16)20-13(17)18/h6-7H,3-5H2,1-2H3,(H4,15,16,19)(H4,17,18,20). The molecule has 1 aromatic rings. The Labute approximate surface area is 118 Å². The molecule has 0 fully saturated rings. The summed E-state index contributed by atoms with van der Waals surface area (Å²) in [5, 5.41) is 0. The SMILES string of the molecule is Cc1cc(C)c2c(c1)C(N=C(N)N)(N=C(N)N)CCC2. The molecule has 0 heterocycles. The van der Waals surface area contributed by atoms with Gasteiger partial charge in [0.15, 0.2) is 17.6 Å². The number of hydrogen-bond donors (Lipinski definition) is 4. The molecule has 108 valence electrons. The summed E-state index contributed by atoms with van der Waals surface area (Å²) in [7, 11) is 0. The molecule has 0 aliphatic heterocycles. The molecule has 6 heteroatoms. The van der Waals surface area contributed by atoms with Gasteiger partial charge in [-0.25, -0.2) is 9.98 Å². The fourth-order valence-electron chi connectivity index (χ4n) is 3.02. The molecule has 1 aromatic carbocycles. The molecule has 6 nitrogen and oxygen atoms in total. The van der Waals surface area contributed by atoms with Crippen LogP contribution in [-0.2, 0) is 12.1 Å². The van der Waals surface area contributed by atoms with Gasteiger partial charge in [-0.05, 0) is 44.2 Å². The topological polar surface area (TPSA) is 129 Å². The van der Waals surface area contributed by atoms with Gasteiger partial charge in [0, 0.05) is 5.56 Å². The summed E-state index contributed by atoms with van der Waals surface area (Å²) in [5.74, 6) is -0.0241. The first-order chi connectivity index (χ1) is 9.34. The number of aliphatic imine (C=N–C) groups is 2. The second kappa shape index (κ2) is 5.03. The molecule has 0 amide bonds. The summed E-state index contributed by atoms with van der Waals surface area (Å²) in [5.41, 5.74) is 26.1. The van der Waals surface area contributed by atoms with E-state index in [1.165, 1.54) is 11.1 Å². The number of guanidine groups is 2. The highest BCUT2D eigenvalue weighted by molar-refractivity contribution is 5.79. The molecule has 20 heavy (non-hydrogen) atoms. The molecule has 0 radical (unpaired) electrons. The lowest BCUT2D eigenvalue weighted by atomic mass is 9.80. The van der Waals surface area contributed by atoms with Crippen molar-refractivity contribution in [2.75, 3.05) is 0 Å². The van der Waals surface area contributed by atoms with Crippen molar-refractivity contribution in [2.45, 2.75) is 38.8 Å². The van der Waals surface area contributed by atoms with Crippen molar-refractivity contribution >= 4 is 11.9 Å². The highest BCUT2D eigenvalue weighted by Crippen LogP contribution is 2.41. The Morgan fingerprint density at radius 2 is 1.65 bits per heavy atom. The highest BCUT2D eigenvalue weighted by atomic mass is 15.2. The summed E-state index contributed by atoms with van der Waals surface area (Å²) >= 11 is 0. The van der Waals surface area contributed by atoms with Crippen molar-refractivity contribution in [1.29, 1.82) is 0 Å². The zero-order valence-electron chi connectivity index (χ0n) is 12.0. The molecule has 0 unspecified atom stereocenters. The van der Waals surface area contributed by atoms with Crippen LogP contribution in [0.5, 0.6) is 0 Å². The van der Waals surface area contributed by atoms with Crippen LogP contribution >= 0.6 is 0 Å². The lowest BCUT2D eigenvalue weighted by Crippen LogP contribution is -2.37. The van der Waals surface area contributed by atoms with E-state index in [1.807, 2.05) is 6.92 Å². The van der Waals surface area contributed by atoms with Crippen LogP contribution in [0.25, 0.3) is 0 Å². The fourth-order valence-corrected chi connectivity index (χ4v) is 3.02. The van der Waals surface area contributed by atoms with Gasteiger partial charge in [0.25, 0.3) is 0 Å². The van der Waals surface area contributed by atoms with Gasteiger partial charge in [-0.2, -0.15) is 0 Å². The van der Waals surface area contributed by atoms with Crippen LogP contribution in [0.15, 0.2) is 22.1 Å². The maximum atomic E-state index is 5.59. The summed E-state index contributed by atoms with van der Waals surface area (Å²) in [6, 6.07) is 4.22. The molecule has 2 rings (SSSR count). The number of benzene rings is 1. The van der Waals surface area contributed by atoms with Gasteiger partial charge in [-0.15, -0.1) is 0 Å². The van der Waals surface area contributed by atoms with Crippen LogP contribution in [0.3, 0.4) is 0 Å². The van der Waals surface area contributed by atoms with Crippen molar-refractivity contribution in [3.8, 4) is 0 Å². The van der Waals surface area contributed by atoms with Crippen LogP contribution in [0.2, 0.25) is 0 Å². The molecule has 1 aliphatic carbocycles. The second-order valence-corrected chi connectivity index (χ2v) is 5.35. The van der Waals surface area contributed by atoms with E-state index in [0.29, 0.717) is 6.42 Å². The van der Waals surface area contributed by atoms with E-state index in [4.69, 9.17) is 22.9 Å². The molecule has 0 spiro atoms. The maximum absolute atomic E-state index is 5.59. The zero-order chi connectivity index (χ0) is 14.9. The first-order valence-electron chi connectivity index (χ1n) is 6.66. The molecular formula is C14H22N6. The molecule has 1 aliphatic rings. The van der Waals surface area contributed by atoms with Crippen LogP contribution in [0, 0.1) is 13.8 Å². The Hall–Kier alpha value is -2.24. The fraction of sp³-hybridized carbons (Fsp3) is 0.429. The maximum Gasteiger partial charge on any atom is 0.188 e. The summed E-state index contributed by atoms with van der Waals surface area (Å²) < 4.78 is 0. The highest BCUT2D eigenvalue weighted by Gasteiger charge is 2.37. The molecule has 8 N–H and O–H groups in total. The average molecular weight is 274 g/mol. The molecule has 0 atom stereocenters. The van der Waals surface area contributed by atoms with Crippen molar-refractivity contribution in [2.24, 2.45) is 32.9 Å². The molecule has 0 bridgehead atoms. The molecule has 0 saturated carbocycles. The third-order valence-corrected chi connectivity index (χ3v) is 3.63. The Bertz CT molecular complexity index is 562. The number of fused-ring (bicyclic) bond motifs is 1. The minimum absolute atomic E-state index is 0.0120. The first-order valence-corrected chi connectivity index (χ1v) is 6.66. The van der Waals surface area contributed by atoms with E-state index >= 15 is 0 Å². The predicted octanol–water partition coefficient (Wildman–Crippen LogP) is 0.339. The third-order valence-electron chi connectivity index (χ3n) is 3.63. The predicted molar refractivity (Wildman–Crippen MR) is 82.2 cm³/mol. The Morgan fingerprint density at radius 1 is 1.05 bits per heavy atom. The molecule has 0 aromatic heterocycles. The van der Waals surface area contributed by atoms with Crippen LogP contribution in [0.1, 0.15) is 35.1 Å². The third kappa shape index (κ3) is 2.54. The second-order valence-electron chi connectivity index (χ2n) is 5.35. The van der Waals surface area contributed by atoms with Gasteiger partial charge in [0.1, 0.15) is 0 Å². The van der Waals surface area contributed by atoms with E-state index < -0.39 is 5.66 Å². The van der Waals surface area contributed by atoms with Crippen LogP contribution < -0.4 is 22.9 Å². The summed E-state index contributed by atoms with van der Waals surface area (Å²) in [4.78, 5) is 8.71. The number of aryl methyl sites for hydroxylation is 2. The Kier molecular flexibility index (Phi) is 3.57. The van der Waals surface area contributed by atoms with E-state index in [2.05, 4.69) is 29.0 Å².